The smallest absolute Gasteiger partial charge is 0.352 e. The van der Waals surface area contributed by atoms with Gasteiger partial charge in [0.05, 0.1) is 0 Å². The summed E-state index contributed by atoms with van der Waals surface area (Å²) in [6, 6.07) is 0. The van der Waals surface area contributed by atoms with Crippen molar-refractivity contribution in [2.45, 2.75) is 5.56 Å². The molecular weight excluding hydrogens is 154 g/mol. The molecule has 1 unspecified atom stereocenters. The van der Waals surface area contributed by atoms with Crippen LogP contribution in [0.2, 0.25) is 0 Å². The van der Waals surface area contributed by atoms with Crippen LogP contribution in [-0.4, -0.2) is 28.3 Å². The van der Waals surface area contributed by atoms with E-state index in [0.29, 0.717) is 12.4 Å². The van der Waals surface area contributed by atoms with E-state index >= 15 is 0 Å². The van der Waals surface area contributed by atoms with E-state index in [1.807, 2.05) is 0 Å². The Kier molecular flexibility index (Phi) is 1.15. The van der Waals surface area contributed by atoms with Gasteiger partial charge in [0.15, 0.2) is 5.56 Å². The predicted octanol–water partition coefficient (Wildman–Crippen LogP) is 0.233. The van der Waals surface area contributed by atoms with Crippen molar-refractivity contribution in [2.75, 3.05) is 6.73 Å². The van der Waals surface area contributed by atoms with Crippen molar-refractivity contribution in [3.05, 3.63) is 11.1 Å². The fourth-order valence-corrected chi connectivity index (χ4v) is 1.81. The maximum absolute atomic E-state index is 10.4. The Morgan fingerprint density at radius 2 is 2.80 bits per heavy atom. The minimum absolute atomic E-state index is 0.0638. The molecule has 0 aromatic rings. The lowest BCUT2D eigenvalue weighted by atomic mass is 10.4. The molecule has 1 atom stereocenters. The maximum Gasteiger partial charge on any atom is 0.352 e. The van der Waals surface area contributed by atoms with Gasteiger partial charge in [-0.2, -0.15) is 0 Å². The first-order valence-electron chi connectivity index (χ1n) is 2.76. The summed E-state index contributed by atoms with van der Waals surface area (Å²) in [6.45, 7) is 0.413. The van der Waals surface area contributed by atoms with Gasteiger partial charge in [-0.25, -0.2) is 4.79 Å². The summed E-state index contributed by atoms with van der Waals surface area (Å²) < 4.78 is 5.01. The van der Waals surface area contributed by atoms with Crippen molar-refractivity contribution >= 4 is 17.7 Å². The van der Waals surface area contributed by atoms with Gasteiger partial charge in [-0.05, 0) is 0 Å². The Hall–Kier alpha value is -0.680. The highest BCUT2D eigenvalue weighted by atomic mass is 32.2. The Morgan fingerprint density at radius 1 is 2.00 bits per heavy atom. The summed E-state index contributed by atoms with van der Waals surface area (Å²) in [5.41, 5.74) is 0.285. The van der Waals surface area contributed by atoms with Gasteiger partial charge in [0.1, 0.15) is 12.4 Å². The second-order valence-corrected chi connectivity index (χ2v) is 2.93. The molecule has 1 fully saturated rings. The number of rotatable bonds is 1. The molecule has 0 radical (unpaired) electrons. The summed E-state index contributed by atoms with van der Waals surface area (Å²) in [6.07, 6.45) is 0. The van der Waals surface area contributed by atoms with E-state index < -0.39 is 5.97 Å². The molecule has 5 heteroatoms. The average molecular weight is 159 g/mol. The number of carboxylic acids is 1. The van der Waals surface area contributed by atoms with E-state index in [1.165, 1.54) is 11.8 Å². The SMILES string of the molecule is O=C(O)C1=CSC2OCN12. The van der Waals surface area contributed by atoms with Crippen molar-refractivity contribution < 1.29 is 14.6 Å². The number of hydrogen-bond donors (Lipinski definition) is 1. The molecule has 1 saturated heterocycles. The third-order valence-electron chi connectivity index (χ3n) is 1.44. The van der Waals surface area contributed by atoms with Crippen LogP contribution in [0.1, 0.15) is 0 Å². The number of carbonyl (C=O) groups is 1. The minimum Gasteiger partial charge on any atom is -0.477 e. The van der Waals surface area contributed by atoms with Crippen LogP contribution in [0, 0.1) is 0 Å². The third-order valence-corrected chi connectivity index (χ3v) is 2.42. The standard InChI is InChI=1S/C5H5NO3S/c7-4(8)3-1-10-5-6(3)2-9-5/h1,5H,2H2,(H,7,8). The zero-order chi connectivity index (χ0) is 7.14. The van der Waals surface area contributed by atoms with E-state index in [9.17, 15) is 4.79 Å². The molecule has 0 aromatic heterocycles. The molecule has 10 heavy (non-hydrogen) atoms. The summed E-state index contributed by atoms with van der Waals surface area (Å²) in [4.78, 5) is 12.1. The molecule has 4 nitrogen and oxygen atoms in total. The highest BCUT2D eigenvalue weighted by molar-refractivity contribution is 8.02. The molecule has 0 aliphatic carbocycles. The van der Waals surface area contributed by atoms with Gasteiger partial charge in [-0.3, -0.25) is 0 Å². The van der Waals surface area contributed by atoms with Crippen LogP contribution >= 0.6 is 11.8 Å². The van der Waals surface area contributed by atoms with Crippen molar-refractivity contribution in [1.29, 1.82) is 0 Å². The molecule has 2 heterocycles. The fourth-order valence-electron chi connectivity index (χ4n) is 0.869. The summed E-state index contributed by atoms with van der Waals surface area (Å²) >= 11 is 1.39. The second-order valence-electron chi connectivity index (χ2n) is 2.02. The number of aliphatic carboxylic acids is 1. The molecule has 1 N–H and O–H groups in total. The molecule has 2 aliphatic heterocycles. The van der Waals surface area contributed by atoms with Crippen LogP contribution in [-0.2, 0) is 9.53 Å². The minimum atomic E-state index is -0.877. The van der Waals surface area contributed by atoms with Crippen LogP contribution < -0.4 is 0 Å². The molecule has 0 spiro atoms. The monoisotopic (exact) mass is 159 g/mol. The fraction of sp³-hybridized carbons (Fsp3) is 0.400. The van der Waals surface area contributed by atoms with Gasteiger partial charge in [-0.15, -0.1) is 0 Å². The van der Waals surface area contributed by atoms with Gasteiger partial charge in [-0.1, -0.05) is 11.8 Å². The first-order valence-corrected chi connectivity index (χ1v) is 3.70. The van der Waals surface area contributed by atoms with E-state index in [4.69, 9.17) is 9.84 Å². The summed E-state index contributed by atoms with van der Waals surface area (Å²) in [5.74, 6) is -0.877. The first kappa shape index (κ1) is 6.06. The topological polar surface area (TPSA) is 49.8 Å². The molecule has 0 aromatic carbocycles. The lowest BCUT2D eigenvalue weighted by Crippen LogP contribution is -2.45. The molecular formula is C5H5NO3S. The van der Waals surface area contributed by atoms with Gasteiger partial charge < -0.3 is 14.7 Å². The van der Waals surface area contributed by atoms with Crippen LogP contribution in [0.5, 0.6) is 0 Å². The Labute approximate surface area is 61.4 Å². The van der Waals surface area contributed by atoms with Crippen molar-refractivity contribution in [2.24, 2.45) is 0 Å². The van der Waals surface area contributed by atoms with Crippen molar-refractivity contribution in [3.63, 3.8) is 0 Å². The normalized spacial score (nSPS) is 29.0. The van der Waals surface area contributed by atoms with E-state index in [1.54, 1.807) is 10.3 Å². The molecule has 0 saturated carbocycles. The summed E-state index contributed by atoms with van der Waals surface area (Å²) in [5, 5.41) is 10.2. The molecule has 2 rings (SSSR count). The number of hydrogen-bond acceptors (Lipinski definition) is 4. The van der Waals surface area contributed by atoms with Gasteiger partial charge in [0, 0.05) is 5.41 Å². The van der Waals surface area contributed by atoms with Gasteiger partial charge >= 0.3 is 5.97 Å². The maximum atomic E-state index is 10.4. The number of ether oxygens (including phenoxy) is 1. The van der Waals surface area contributed by atoms with Crippen LogP contribution in [0.3, 0.4) is 0 Å². The third kappa shape index (κ3) is 0.643. The van der Waals surface area contributed by atoms with E-state index in [-0.39, 0.29) is 5.56 Å². The average Bonchev–Trinajstić information content (AvgIpc) is 2.07. The molecule has 0 bridgehead atoms. The zero-order valence-corrected chi connectivity index (χ0v) is 5.80. The molecule has 0 amide bonds. The van der Waals surface area contributed by atoms with Crippen LogP contribution in [0.15, 0.2) is 11.1 Å². The molecule has 2 aliphatic rings. The highest BCUT2D eigenvalue weighted by Gasteiger charge is 2.38. The predicted molar refractivity (Wildman–Crippen MR) is 34.9 cm³/mol. The van der Waals surface area contributed by atoms with Crippen molar-refractivity contribution in [3.8, 4) is 0 Å². The zero-order valence-electron chi connectivity index (χ0n) is 4.98. The first-order chi connectivity index (χ1) is 4.79. The highest BCUT2D eigenvalue weighted by Crippen LogP contribution is 2.37. The Bertz CT molecular complexity index is 215. The quantitative estimate of drug-likeness (QED) is 0.593. The summed E-state index contributed by atoms with van der Waals surface area (Å²) in [7, 11) is 0. The van der Waals surface area contributed by atoms with Crippen molar-refractivity contribution in [1.82, 2.24) is 4.90 Å². The van der Waals surface area contributed by atoms with Gasteiger partial charge in [0.25, 0.3) is 0 Å². The number of fused-ring (bicyclic) bond motifs is 1. The molecule has 54 valence electrons. The lowest BCUT2D eigenvalue weighted by Gasteiger charge is -2.36. The van der Waals surface area contributed by atoms with Crippen LogP contribution in [0.4, 0.5) is 0 Å². The lowest BCUT2D eigenvalue weighted by molar-refractivity contribution is -0.160. The largest absolute Gasteiger partial charge is 0.477 e. The number of thioether (sulfide) groups is 1. The second kappa shape index (κ2) is 1.90. The van der Waals surface area contributed by atoms with Crippen LogP contribution in [0.25, 0.3) is 0 Å². The van der Waals surface area contributed by atoms with E-state index in [0.717, 1.165) is 0 Å². The van der Waals surface area contributed by atoms with Gasteiger partial charge in [0.2, 0.25) is 0 Å². The Morgan fingerprint density at radius 3 is 3.10 bits per heavy atom. The Balaban J connectivity index is 2.16. The number of carboxylic acid groups (broad SMARTS) is 1. The number of nitrogens with zero attached hydrogens (tertiary/aromatic N) is 1. The van der Waals surface area contributed by atoms with E-state index in [2.05, 4.69) is 0 Å².